The minimum atomic E-state index is -0.502. The SMILES string of the molecule is CCOC(=O)/C=C(/C)Oc1cc(C)ccc1F. The average molecular weight is 238 g/mol. The van der Waals surface area contributed by atoms with E-state index in [4.69, 9.17) is 9.47 Å². The van der Waals surface area contributed by atoms with E-state index in [0.29, 0.717) is 6.61 Å². The fourth-order valence-corrected chi connectivity index (χ4v) is 1.24. The van der Waals surface area contributed by atoms with Crippen molar-refractivity contribution >= 4 is 5.97 Å². The molecule has 1 rings (SSSR count). The molecule has 3 nitrogen and oxygen atoms in total. The van der Waals surface area contributed by atoms with Gasteiger partial charge in [0.2, 0.25) is 0 Å². The van der Waals surface area contributed by atoms with Crippen molar-refractivity contribution in [2.45, 2.75) is 20.8 Å². The maximum Gasteiger partial charge on any atom is 0.334 e. The van der Waals surface area contributed by atoms with Crippen LogP contribution in [0.5, 0.6) is 5.75 Å². The number of halogens is 1. The molecule has 0 saturated carbocycles. The number of esters is 1. The number of hydrogen-bond donors (Lipinski definition) is 0. The predicted molar refractivity (Wildman–Crippen MR) is 62.2 cm³/mol. The molecule has 0 aromatic heterocycles. The Labute approximate surface area is 99.9 Å². The molecule has 0 saturated heterocycles. The summed E-state index contributed by atoms with van der Waals surface area (Å²) in [7, 11) is 0. The van der Waals surface area contributed by atoms with Gasteiger partial charge in [-0.3, -0.25) is 0 Å². The Morgan fingerprint density at radius 1 is 1.47 bits per heavy atom. The summed E-state index contributed by atoms with van der Waals surface area (Å²) in [6.07, 6.45) is 1.19. The molecule has 1 aromatic carbocycles. The lowest BCUT2D eigenvalue weighted by Gasteiger charge is -2.07. The number of aryl methyl sites for hydroxylation is 1. The molecule has 4 heteroatoms. The second-order valence-corrected chi connectivity index (χ2v) is 3.54. The van der Waals surface area contributed by atoms with Gasteiger partial charge in [0.25, 0.3) is 0 Å². The van der Waals surface area contributed by atoms with Crippen LogP contribution in [-0.4, -0.2) is 12.6 Å². The van der Waals surface area contributed by atoms with E-state index in [1.807, 2.05) is 6.92 Å². The fourth-order valence-electron chi connectivity index (χ4n) is 1.24. The molecule has 92 valence electrons. The molecule has 17 heavy (non-hydrogen) atoms. The van der Waals surface area contributed by atoms with E-state index >= 15 is 0 Å². The van der Waals surface area contributed by atoms with Gasteiger partial charge in [-0.05, 0) is 38.5 Å². The van der Waals surface area contributed by atoms with Crippen LogP contribution in [0.25, 0.3) is 0 Å². The molecule has 0 aliphatic carbocycles. The number of ether oxygens (including phenoxy) is 2. The molecular formula is C13H15FO3. The van der Waals surface area contributed by atoms with Crippen molar-refractivity contribution in [3.8, 4) is 5.75 Å². The zero-order valence-electron chi connectivity index (χ0n) is 10.1. The monoisotopic (exact) mass is 238 g/mol. The Bertz CT molecular complexity index is 438. The number of carbonyl (C=O) groups is 1. The first-order valence-electron chi connectivity index (χ1n) is 5.32. The lowest BCUT2D eigenvalue weighted by molar-refractivity contribution is -0.137. The van der Waals surface area contributed by atoms with Crippen LogP contribution in [-0.2, 0) is 9.53 Å². The number of hydrogen-bond acceptors (Lipinski definition) is 3. The second kappa shape index (κ2) is 6.03. The van der Waals surface area contributed by atoms with Crippen molar-refractivity contribution in [2.24, 2.45) is 0 Å². The third kappa shape index (κ3) is 4.26. The Morgan fingerprint density at radius 3 is 2.82 bits per heavy atom. The van der Waals surface area contributed by atoms with E-state index in [0.717, 1.165) is 5.56 Å². The van der Waals surface area contributed by atoms with E-state index in [-0.39, 0.29) is 11.5 Å². The maximum absolute atomic E-state index is 13.3. The lowest BCUT2D eigenvalue weighted by atomic mass is 10.2. The van der Waals surface area contributed by atoms with E-state index in [1.54, 1.807) is 26.0 Å². The standard InChI is InChI=1S/C13H15FO3/c1-4-16-13(15)8-10(3)17-12-7-9(2)5-6-11(12)14/h5-8H,4H2,1-3H3/b10-8-. The Hall–Kier alpha value is -1.84. The summed E-state index contributed by atoms with van der Waals surface area (Å²) in [5.74, 6) is -0.582. The van der Waals surface area contributed by atoms with E-state index in [1.165, 1.54) is 12.1 Å². The number of allylic oxidation sites excluding steroid dienone is 1. The molecule has 0 radical (unpaired) electrons. The minimum Gasteiger partial charge on any atom is -0.463 e. The molecule has 0 unspecified atom stereocenters. The summed E-state index contributed by atoms with van der Waals surface area (Å²) in [6.45, 7) is 5.40. The molecule has 0 bridgehead atoms. The van der Waals surface area contributed by atoms with Crippen molar-refractivity contribution in [3.05, 3.63) is 41.4 Å². The van der Waals surface area contributed by atoms with Gasteiger partial charge in [-0.25, -0.2) is 9.18 Å². The molecule has 0 heterocycles. The van der Waals surface area contributed by atoms with Gasteiger partial charge in [0.05, 0.1) is 12.7 Å². The van der Waals surface area contributed by atoms with Crippen LogP contribution in [0.3, 0.4) is 0 Å². The largest absolute Gasteiger partial charge is 0.463 e. The van der Waals surface area contributed by atoms with Crippen molar-refractivity contribution in [2.75, 3.05) is 6.61 Å². The Balaban J connectivity index is 2.77. The van der Waals surface area contributed by atoms with Crippen LogP contribution >= 0.6 is 0 Å². The van der Waals surface area contributed by atoms with Crippen molar-refractivity contribution in [1.29, 1.82) is 0 Å². The highest BCUT2D eigenvalue weighted by Gasteiger charge is 2.06. The summed E-state index contributed by atoms with van der Waals surface area (Å²) in [6, 6.07) is 4.53. The summed E-state index contributed by atoms with van der Waals surface area (Å²) in [5.41, 5.74) is 0.880. The van der Waals surface area contributed by atoms with Gasteiger partial charge < -0.3 is 9.47 Å². The van der Waals surface area contributed by atoms with Gasteiger partial charge >= 0.3 is 5.97 Å². The number of rotatable bonds is 4. The highest BCUT2D eigenvalue weighted by atomic mass is 19.1. The quantitative estimate of drug-likeness (QED) is 0.459. The normalized spacial score (nSPS) is 11.2. The molecular weight excluding hydrogens is 223 g/mol. The van der Waals surface area contributed by atoms with Gasteiger partial charge in [-0.2, -0.15) is 0 Å². The van der Waals surface area contributed by atoms with Crippen LogP contribution in [0.15, 0.2) is 30.0 Å². The Kier molecular flexibility index (Phi) is 4.69. The van der Waals surface area contributed by atoms with Gasteiger partial charge in [0.15, 0.2) is 11.6 Å². The zero-order chi connectivity index (χ0) is 12.8. The first kappa shape index (κ1) is 13.2. The van der Waals surface area contributed by atoms with Crippen molar-refractivity contribution in [3.63, 3.8) is 0 Å². The number of carbonyl (C=O) groups excluding carboxylic acids is 1. The summed E-state index contributed by atoms with van der Waals surface area (Å²) >= 11 is 0. The van der Waals surface area contributed by atoms with Gasteiger partial charge in [-0.15, -0.1) is 0 Å². The molecule has 0 aliphatic rings. The van der Waals surface area contributed by atoms with Gasteiger partial charge in [0.1, 0.15) is 5.76 Å². The van der Waals surface area contributed by atoms with E-state index in [9.17, 15) is 9.18 Å². The summed E-state index contributed by atoms with van der Waals surface area (Å²) in [5, 5.41) is 0. The zero-order valence-corrected chi connectivity index (χ0v) is 10.1. The first-order chi connectivity index (χ1) is 8.02. The molecule has 0 fully saturated rings. The third-order valence-electron chi connectivity index (χ3n) is 1.97. The highest BCUT2D eigenvalue weighted by molar-refractivity contribution is 5.82. The smallest absolute Gasteiger partial charge is 0.334 e. The maximum atomic E-state index is 13.3. The molecule has 0 amide bonds. The molecule has 0 atom stereocenters. The molecule has 0 aliphatic heterocycles. The Morgan fingerprint density at radius 2 is 2.18 bits per heavy atom. The summed E-state index contributed by atoms with van der Waals surface area (Å²) in [4.78, 5) is 11.1. The first-order valence-corrected chi connectivity index (χ1v) is 5.32. The average Bonchev–Trinajstić information content (AvgIpc) is 2.23. The molecule has 0 spiro atoms. The van der Waals surface area contributed by atoms with Crippen LogP contribution in [0.1, 0.15) is 19.4 Å². The van der Waals surface area contributed by atoms with E-state index < -0.39 is 11.8 Å². The van der Waals surface area contributed by atoms with Crippen LogP contribution in [0.4, 0.5) is 4.39 Å². The van der Waals surface area contributed by atoms with Gasteiger partial charge in [0, 0.05) is 0 Å². The second-order valence-electron chi connectivity index (χ2n) is 3.54. The van der Waals surface area contributed by atoms with Crippen molar-refractivity contribution < 1.29 is 18.7 Å². The predicted octanol–water partition coefficient (Wildman–Crippen LogP) is 2.98. The minimum absolute atomic E-state index is 0.100. The molecule has 0 N–H and O–H groups in total. The lowest BCUT2D eigenvalue weighted by Crippen LogP contribution is -2.03. The van der Waals surface area contributed by atoms with Gasteiger partial charge in [-0.1, -0.05) is 6.07 Å². The topological polar surface area (TPSA) is 35.5 Å². The van der Waals surface area contributed by atoms with E-state index in [2.05, 4.69) is 0 Å². The van der Waals surface area contributed by atoms with Crippen molar-refractivity contribution in [1.82, 2.24) is 0 Å². The third-order valence-corrected chi connectivity index (χ3v) is 1.97. The summed E-state index contributed by atoms with van der Waals surface area (Å²) < 4.78 is 23.3. The number of benzene rings is 1. The highest BCUT2D eigenvalue weighted by Crippen LogP contribution is 2.20. The van der Waals surface area contributed by atoms with Crippen LogP contribution in [0, 0.1) is 12.7 Å². The van der Waals surface area contributed by atoms with Crippen LogP contribution < -0.4 is 4.74 Å². The van der Waals surface area contributed by atoms with Crippen LogP contribution in [0.2, 0.25) is 0 Å². The fraction of sp³-hybridized carbons (Fsp3) is 0.308. The molecule has 1 aromatic rings.